The Balaban J connectivity index is 2.01. The lowest BCUT2D eigenvalue weighted by atomic mass is 10.2. The van der Waals surface area contributed by atoms with Gasteiger partial charge in [0.15, 0.2) is 0 Å². The molecule has 0 saturated carbocycles. The number of hydrogen-bond acceptors (Lipinski definition) is 3. The van der Waals surface area contributed by atoms with E-state index in [2.05, 4.69) is 11.8 Å². The third kappa shape index (κ3) is 1.03. The Morgan fingerprint density at radius 3 is 3.09 bits per heavy atom. The van der Waals surface area contributed by atoms with Crippen LogP contribution in [0.1, 0.15) is 19.8 Å². The van der Waals surface area contributed by atoms with Gasteiger partial charge in [-0.05, 0) is 13.0 Å². The number of ether oxygens (including phenoxy) is 1. The first-order chi connectivity index (χ1) is 5.31. The molecule has 0 aromatic heterocycles. The molecule has 0 aromatic rings. The molecule has 0 aliphatic carbocycles. The molecular formula is C8H13NO2. The van der Waals surface area contributed by atoms with Gasteiger partial charge in [0.05, 0.1) is 0 Å². The molecule has 2 saturated heterocycles. The van der Waals surface area contributed by atoms with Gasteiger partial charge in [-0.15, -0.1) is 0 Å². The molecular weight excluding hydrogens is 142 g/mol. The highest BCUT2D eigenvalue weighted by atomic mass is 16.6. The minimum absolute atomic E-state index is 0.00491. The number of fused-ring (bicyclic) bond motifs is 2. The molecule has 0 aromatic carbocycles. The van der Waals surface area contributed by atoms with Crippen LogP contribution in [0.3, 0.4) is 0 Å². The summed E-state index contributed by atoms with van der Waals surface area (Å²) in [5, 5.41) is 0. The van der Waals surface area contributed by atoms with Gasteiger partial charge in [-0.2, -0.15) is 0 Å². The number of morpholine rings is 1. The van der Waals surface area contributed by atoms with E-state index in [-0.39, 0.29) is 18.1 Å². The summed E-state index contributed by atoms with van der Waals surface area (Å²) < 4.78 is 5.06. The van der Waals surface area contributed by atoms with Crippen LogP contribution < -0.4 is 0 Å². The van der Waals surface area contributed by atoms with Crippen molar-refractivity contribution in [3.8, 4) is 0 Å². The maximum atomic E-state index is 11.1. The summed E-state index contributed by atoms with van der Waals surface area (Å²) in [7, 11) is 0. The third-order valence-corrected chi connectivity index (χ3v) is 2.43. The van der Waals surface area contributed by atoms with E-state index in [1.165, 1.54) is 0 Å². The second kappa shape index (κ2) is 2.48. The van der Waals surface area contributed by atoms with Crippen LogP contribution in [0.25, 0.3) is 0 Å². The molecule has 3 heteroatoms. The zero-order chi connectivity index (χ0) is 7.84. The Hall–Kier alpha value is -0.570. The number of likely N-dealkylation sites (tertiary alicyclic amines) is 1. The molecule has 2 heterocycles. The second-order valence-electron chi connectivity index (χ2n) is 3.31. The van der Waals surface area contributed by atoms with Crippen molar-refractivity contribution in [1.29, 1.82) is 0 Å². The molecule has 0 N–H and O–H groups in total. The first-order valence-electron chi connectivity index (χ1n) is 4.26. The van der Waals surface area contributed by atoms with Crippen molar-refractivity contribution in [3.63, 3.8) is 0 Å². The first kappa shape index (κ1) is 7.10. The predicted molar refractivity (Wildman–Crippen MR) is 40.1 cm³/mol. The van der Waals surface area contributed by atoms with Crippen molar-refractivity contribution < 1.29 is 9.53 Å². The topological polar surface area (TPSA) is 29.5 Å². The molecule has 2 atom stereocenters. The highest BCUT2D eigenvalue weighted by Crippen LogP contribution is 2.28. The lowest BCUT2D eigenvalue weighted by Gasteiger charge is -2.24. The molecule has 3 nitrogen and oxygen atoms in total. The van der Waals surface area contributed by atoms with Crippen LogP contribution in [0.5, 0.6) is 0 Å². The van der Waals surface area contributed by atoms with E-state index < -0.39 is 0 Å². The molecule has 0 radical (unpaired) electrons. The zero-order valence-corrected chi connectivity index (χ0v) is 6.75. The van der Waals surface area contributed by atoms with E-state index in [1.807, 2.05) is 0 Å². The summed E-state index contributed by atoms with van der Waals surface area (Å²) in [5.41, 5.74) is 0. The molecule has 0 amide bonds. The van der Waals surface area contributed by atoms with Gasteiger partial charge in [0, 0.05) is 13.0 Å². The number of carbonyl (C=O) groups is 1. The number of esters is 1. The lowest BCUT2D eigenvalue weighted by molar-refractivity contribution is -0.150. The van der Waals surface area contributed by atoms with Gasteiger partial charge in [-0.1, -0.05) is 6.92 Å². The summed E-state index contributed by atoms with van der Waals surface area (Å²) >= 11 is 0. The molecule has 2 fully saturated rings. The van der Waals surface area contributed by atoms with Crippen molar-refractivity contribution in [3.05, 3.63) is 0 Å². The Bertz CT molecular complexity index is 181. The van der Waals surface area contributed by atoms with Crippen LogP contribution in [0, 0.1) is 0 Å². The van der Waals surface area contributed by atoms with Gasteiger partial charge >= 0.3 is 5.97 Å². The fraction of sp³-hybridized carbons (Fsp3) is 0.875. The second-order valence-corrected chi connectivity index (χ2v) is 3.31. The van der Waals surface area contributed by atoms with Gasteiger partial charge in [0.1, 0.15) is 12.1 Å². The Morgan fingerprint density at radius 1 is 1.73 bits per heavy atom. The van der Waals surface area contributed by atoms with Crippen molar-refractivity contribution in [1.82, 2.24) is 4.90 Å². The van der Waals surface area contributed by atoms with E-state index in [9.17, 15) is 4.79 Å². The van der Waals surface area contributed by atoms with Gasteiger partial charge in [0.2, 0.25) is 0 Å². The predicted octanol–water partition coefficient (Wildman–Crippen LogP) is 0.396. The monoisotopic (exact) mass is 155 g/mol. The van der Waals surface area contributed by atoms with Crippen molar-refractivity contribution >= 4 is 5.97 Å². The molecule has 2 aliphatic heterocycles. The van der Waals surface area contributed by atoms with Crippen molar-refractivity contribution in [2.24, 2.45) is 0 Å². The van der Waals surface area contributed by atoms with Crippen molar-refractivity contribution in [2.75, 3.05) is 13.1 Å². The Kier molecular flexibility index (Phi) is 1.60. The van der Waals surface area contributed by atoms with Crippen LogP contribution in [-0.4, -0.2) is 36.1 Å². The van der Waals surface area contributed by atoms with E-state index in [0.717, 1.165) is 25.9 Å². The maximum absolute atomic E-state index is 11.1. The highest BCUT2D eigenvalue weighted by molar-refractivity contribution is 5.79. The average molecular weight is 155 g/mol. The highest BCUT2D eigenvalue weighted by Gasteiger charge is 2.45. The van der Waals surface area contributed by atoms with Gasteiger partial charge in [-0.25, -0.2) is 0 Å². The summed E-state index contributed by atoms with van der Waals surface area (Å²) in [4.78, 5) is 13.3. The van der Waals surface area contributed by atoms with Crippen LogP contribution in [0.2, 0.25) is 0 Å². The number of nitrogens with zero attached hydrogens (tertiary/aromatic N) is 1. The summed E-state index contributed by atoms with van der Waals surface area (Å²) in [6, 6.07) is 0.0972. The van der Waals surface area contributed by atoms with Gasteiger partial charge in [-0.3, -0.25) is 9.69 Å². The number of carbonyl (C=O) groups excluding carboxylic acids is 1. The van der Waals surface area contributed by atoms with E-state index in [4.69, 9.17) is 4.74 Å². The lowest BCUT2D eigenvalue weighted by Crippen LogP contribution is -2.40. The minimum atomic E-state index is -0.00491. The molecule has 62 valence electrons. The smallest absolute Gasteiger partial charge is 0.323 e. The molecule has 11 heavy (non-hydrogen) atoms. The van der Waals surface area contributed by atoms with Gasteiger partial charge < -0.3 is 4.74 Å². The van der Waals surface area contributed by atoms with Crippen molar-refractivity contribution in [2.45, 2.75) is 31.9 Å². The average Bonchev–Trinajstić information content (AvgIpc) is 2.46. The van der Waals surface area contributed by atoms with Crippen LogP contribution in [0.15, 0.2) is 0 Å². The quantitative estimate of drug-likeness (QED) is 0.540. The Labute approximate surface area is 66.3 Å². The zero-order valence-electron chi connectivity index (χ0n) is 6.75. The summed E-state index contributed by atoms with van der Waals surface area (Å²) in [6.45, 7) is 4.14. The maximum Gasteiger partial charge on any atom is 0.323 e. The van der Waals surface area contributed by atoms with E-state index in [1.54, 1.807) is 0 Å². The Morgan fingerprint density at radius 2 is 2.55 bits per heavy atom. The molecule has 2 aliphatic rings. The van der Waals surface area contributed by atoms with Gasteiger partial charge in [0.25, 0.3) is 0 Å². The first-order valence-corrected chi connectivity index (χ1v) is 4.26. The van der Waals surface area contributed by atoms with E-state index in [0.29, 0.717) is 0 Å². The largest absolute Gasteiger partial charge is 0.460 e. The minimum Gasteiger partial charge on any atom is -0.460 e. The fourth-order valence-corrected chi connectivity index (χ4v) is 1.97. The fourth-order valence-electron chi connectivity index (χ4n) is 1.97. The van der Waals surface area contributed by atoms with Crippen LogP contribution in [0.4, 0.5) is 0 Å². The molecule has 0 spiro atoms. The number of rotatable bonds is 2. The molecule has 2 unspecified atom stereocenters. The standard InChI is InChI=1S/C8H13NO2/c1-2-3-9-5-6-4-7(9)8(10)11-6/h6-7H,2-5H2,1H3. The summed E-state index contributed by atoms with van der Waals surface area (Å²) in [5.74, 6) is -0.00491. The SMILES string of the molecule is CCCN1CC2CC1C(=O)O2. The molecule has 2 rings (SSSR count). The number of hydrogen-bond donors (Lipinski definition) is 0. The van der Waals surface area contributed by atoms with E-state index >= 15 is 0 Å². The van der Waals surface area contributed by atoms with Crippen LogP contribution in [-0.2, 0) is 9.53 Å². The van der Waals surface area contributed by atoms with Crippen LogP contribution >= 0.6 is 0 Å². The normalized spacial score (nSPS) is 36.3. The summed E-state index contributed by atoms with van der Waals surface area (Å²) in [6.07, 6.45) is 2.26. The third-order valence-electron chi connectivity index (χ3n) is 2.43. The molecule has 2 bridgehead atoms.